The van der Waals surface area contributed by atoms with Gasteiger partial charge in [0, 0.05) is 55.8 Å². The summed E-state index contributed by atoms with van der Waals surface area (Å²) >= 11 is 0. The molecule has 0 bridgehead atoms. The zero-order valence-corrected chi connectivity index (χ0v) is 20.2. The van der Waals surface area contributed by atoms with Gasteiger partial charge in [-0.3, -0.25) is 5.32 Å². The molecule has 0 radical (unpaired) electrons. The average Bonchev–Trinajstić information content (AvgIpc) is 3.41. The number of methoxy groups -OCH3 is 1. The van der Waals surface area contributed by atoms with Gasteiger partial charge in [-0.1, -0.05) is 0 Å². The Labute approximate surface area is 201 Å². The van der Waals surface area contributed by atoms with E-state index in [0.717, 1.165) is 11.1 Å². The number of carbonyl (C=O) groups is 1. The van der Waals surface area contributed by atoms with Crippen molar-refractivity contribution in [2.45, 2.75) is 18.9 Å². The number of hydrogen-bond acceptors (Lipinski definition) is 9. The molecule has 0 saturated carbocycles. The van der Waals surface area contributed by atoms with Crippen LogP contribution >= 0.6 is 0 Å². The number of nitrogens with one attached hydrogen (secondary N) is 1. The third-order valence-electron chi connectivity index (χ3n) is 6.31. The number of pyridine rings is 2. The Morgan fingerprint density at radius 1 is 1.34 bits per heavy atom. The third kappa shape index (κ3) is 4.54. The Morgan fingerprint density at radius 2 is 2.14 bits per heavy atom. The van der Waals surface area contributed by atoms with Crippen LogP contribution in [0.1, 0.15) is 17.8 Å². The number of primary amides is 1. The van der Waals surface area contributed by atoms with Crippen LogP contribution in [-0.4, -0.2) is 72.6 Å². The SMILES string of the molecule is CO[C@@]1(c2cc(OCC3CS(=O)(=O)C3)cc(-n3nc(C)c4cnc(NC(N)=O)cc43)n2)CCOC1. The number of fused-ring (bicyclic) bond motifs is 1. The molecular formula is C22H26N6O6S. The van der Waals surface area contributed by atoms with Gasteiger partial charge in [-0.05, 0) is 6.92 Å². The largest absolute Gasteiger partial charge is 0.493 e. The number of ether oxygens (including phenoxy) is 3. The average molecular weight is 503 g/mol. The maximum absolute atomic E-state index is 11.5. The molecule has 2 aliphatic rings. The first kappa shape index (κ1) is 23.5. The highest BCUT2D eigenvalue weighted by Gasteiger charge is 2.39. The van der Waals surface area contributed by atoms with Gasteiger partial charge in [-0.25, -0.2) is 27.9 Å². The molecule has 13 heteroatoms. The molecule has 0 aliphatic carbocycles. The number of rotatable bonds is 7. The lowest BCUT2D eigenvalue weighted by atomic mass is 9.97. The number of anilines is 1. The van der Waals surface area contributed by atoms with Gasteiger partial charge in [0.05, 0.1) is 41.6 Å². The first-order chi connectivity index (χ1) is 16.7. The lowest BCUT2D eigenvalue weighted by Gasteiger charge is -2.27. The quantitative estimate of drug-likeness (QED) is 0.485. The number of amides is 2. The van der Waals surface area contributed by atoms with Gasteiger partial charge < -0.3 is 19.9 Å². The predicted molar refractivity (Wildman–Crippen MR) is 126 cm³/mol. The van der Waals surface area contributed by atoms with Crippen molar-refractivity contribution in [3.05, 3.63) is 35.8 Å². The smallest absolute Gasteiger partial charge is 0.317 e. The van der Waals surface area contributed by atoms with Crippen LogP contribution < -0.4 is 15.8 Å². The maximum Gasteiger partial charge on any atom is 0.317 e. The van der Waals surface area contributed by atoms with E-state index in [4.69, 9.17) is 24.9 Å². The summed E-state index contributed by atoms with van der Waals surface area (Å²) in [5, 5.41) is 7.90. The van der Waals surface area contributed by atoms with Crippen LogP contribution in [0.5, 0.6) is 5.75 Å². The summed E-state index contributed by atoms with van der Waals surface area (Å²) in [7, 11) is -1.33. The minimum Gasteiger partial charge on any atom is -0.493 e. The van der Waals surface area contributed by atoms with Gasteiger partial charge >= 0.3 is 6.03 Å². The molecule has 2 saturated heterocycles. The zero-order chi connectivity index (χ0) is 24.8. The Hall–Kier alpha value is -3.29. The van der Waals surface area contributed by atoms with Crippen LogP contribution in [0.25, 0.3) is 16.7 Å². The molecule has 5 heterocycles. The molecule has 0 aromatic carbocycles. The number of aryl methyl sites for hydroxylation is 1. The summed E-state index contributed by atoms with van der Waals surface area (Å²) < 4.78 is 42.2. The monoisotopic (exact) mass is 502 g/mol. The van der Waals surface area contributed by atoms with E-state index in [9.17, 15) is 13.2 Å². The molecule has 2 amide bonds. The van der Waals surface area contributed by atoms with E-state index < -0.39 is 21.5 Å². The van der Waals surface area contributed by atoms with Crippen LogP contribution in [0.3, 0.4) is 0 Å². The first-order valence-electron chi connectivity index (χ1n) is 11.1. The molecule has 186 valence electrons. The van der Waals surface area contributed by atoms with Crippen molar-refractivity contribution in [3.8, 4) is 11.6 Å². The van der Waals surface area contributed by atoms with Gasteiger partial charge in [0.25, 0.3) is 0 Å². The lowest BCUT2D eigenvalue weighted by Crippen LogP contribution is -2.40. The molecule has 0 spiro atoms. The molecule has 35 heavy (non-hydrogen) atoms. The summed E-state index contributed by atoms with van der Waals surface area (Å²) in [6.07, 6.45) is 2.23. The highest BCUT2D eigenvalue weighted by atomic mass is 32.2. The van der Waals surface area contributed by atoms with Crippen molar-refractivity contribution in [2.24, 2.45) is 11.7 Å². The fourth-order valence-corrected chi connectivity index (χ4v) is 5.97. The summed E-state index contributed by atoms with van der Waals surface area (Å²) in [5.74, 6) is 1.47. The molecule has 2 aliphatic heterocycles. The van der Waals surface area contributed by atoms with Crippen molar-refractivity contribution in [2.75, 3.05) is 43.8 Å². The van der Waals surface area contributed by atoms with Crippen LogP contribution in [0.2, 0.25) is 0 Å². The van der Waals surface area contributed by atoms with Crippen molar-refractivity contribution < 1.29 is 27.4 Å². The second kappa shape index (κ2) is 8.73. The Kier molecular flexibility index (Phi) is 5.85. The molecule has 0 unspecified atom stereocenters. The zero-order valence-electron chi connectivity index (χ0n) is 19.4. The number of nitrogens with zero attached hydrogens (tertiary/aromatic N) is 4. The summed E-state index contributed by atoms with van der Waals surface area (Å²) in [4.78, 5) is 20.4. The topological polar surface area (TPSA) is 161 Å². The first-order valence-corrected chi connectivity index (χ1v) is 12.9. The number of nitrogens with two attached hydrogens (primary N) is 1. The predicted octanol–water partition coefficient (Wildman–Crippen LogP) is 1.30. The summed E-state index contributed by atoms with van der Waals surface area (Å²) in [6.45, 7) is 3.00. The molecular weight excluding hydrogens is 476 g/mol. The molecule has 2 fully saturated rings. The fraction of sp³-hybridized carbons (Fsp3) is 0.455. The van der Waals surface area contributed by atoms with Gasteiger partial charge in [-0.2, -0.15) is 5.10 Å². The highest BCUT2D eigenvalue weighted by molar-refractivity contribution is 7.92. The van der Waals surface area contributed by atoms with Crippen LogP contribution in [-0.2, 0) is 24.9 Å². The van der Waals surface area contributed by atoms with Gasteiger partial charge in [0.2, 0.25) is 0 Å². The van der Waals surface area contributed by atoms with Crippen molar-refractivity contribution in [1.82, 2.24) is 19.7 Å². The molecule has 3 N–H and O–H groups in total. The second-order valence-corrected chi connectivity index (χ2v) is 11.0. The van der Waals surface area contributed by atoms with E-state index in [2.05, 4.69) is 15.4 Å². The number of urea groups is 1. The van der Waals surface area contributed by atoms with Crippen LogP contribution in [0, 0.1) is 12.8 Å². The number of hydrogen-bond donors (Lipinski definition) is 2. The van der Waals surface area contributed by atoms with Crippen LogP contribution in [0.4, 0.5) is 10.6 Å². The molecule has 3 aromatic rings. The Bertz CT molecular complexity index is 1390. The number of aromatic nitrogens is 4. The maximum atomic E-state index is 11.5. The standard InChI is InChI=1S/C22H26N6O6S/c1-13-16-8-24-19(26-21(23)29)7-17(16)28(27-13)20-6-15(34-9-14-10-35(30,31)11-14)5-18(25-20)22(32-2)3-4-33-12-22/h5-8,14H,3-4,9-12H2,1-2H3,(H3,23,24,26,29)/t22-/m0/s1. The Morgan fingerprint density at radius 3 is 2.80 bits per heavy atom. The fourth-order valence-electron chi connectivity index (χ4n) is 4.44. The number of carbonyl (C=O) groups excluding carboxylic acids is 1. The summed E-state index contributed by atoms with van der Waals surface area (Å²) in [6, 6.07) is 4.48. The van der Waals surface area contributed by atoms with E-state index in [0.29, 0.717) is 42.4 Å². The van der Waals surface area contributed by atoms with Crippen molar-refractivity contribution in [3.63, 3.8) is 0 Å². The van der Waals surface area contributed by atoms with Crippen LogP contribution in [0.15, 0.2) is 24.4 Å². The van der Waals surface area contributed by atoms with E-state index in [1.807, 2.05) is 6.92 Å². The minimum absolute atomic E-state index is 0.0486. The summed E-state index contributed by atoms with van der Waals surface area (Å²) in [5.41, 5.74) is 6.51. The molecule has 5 rings (SSSR count). The van der Waals surface area contributed by atoms with Crippen molar-refractivity contribution >= 4 is 32.6 Å². The van der Waals surface area contributed by atoms with E-state index in [1.165, 1.54) is 0 Å². The van der Waals surface area contributed by atoms with E-state index in [1.54, 1.807) is 36.2 Å². The molecule has 1 atom stereocenters. The van der Waals surface area contributed by atoms with E-state index in [-0.39, 0.29) is 29.8 Å². The van der Waals surface area contributed by atoms with Crippen molar-refractivity contribution in [1.29, 1.82) is 0 Å². The lowest BCUT2D eigenvalue weighted by molar-refractivity contribution is -0.0247. The molecule has 3 aromatic heterocycles. The van der Waals surface area contributed by atoms with Gasteiger partial charge in [0.15, 0.2) is 15.7 Å². The number of sulfone groups is 1. The second-order valence-electron chi connectivity index (χ2n) is 8.87. The highest BCUT2D eigenvalue weighted by Crippen LogP contribution is 2.36. The Balaban J connectivity index is 1.57. The van der Waals surface area contributed by atoms with E-state index >= 15 is 0 Å². The van der Waals surface area contributed by atoms with Gasteiger partial charge in [0.1, 0.15) is 17.2 Å². The molecule has 12 nitrogen and oxygen atoms in total. The normalized spacial score (nSPS) is 21.7. The third-order valence-corrected chi connectivity index (χ3v) is 8.27. The minimum atomic E-state index is -2.94. The van der Waals surface area contributed by atoms with Gasteiger partial charge in [-0.15, -0.1) is 0 Å².